The quantitative estimate of drug-likeness (QED) is 0.226. The number of nitrogens with one attached hydrogen (secondary N) is 1. The second-order valence-corrected chi connectivity index (χ2v) is 8.00. The molecule has 166 valence electrons. The number of aliphatic carboxylic acids is 1. The van der Waals surface area contributed by atoms with Crippen LogP contribution in [0.25, 0.3) is 28.1 Å². The van der Waals surface area contributed by atoms with Crippen molar-refractivity contribution in [1.29, 1.82) is 0 Å². The minimum absolute atomic E-state index is 0.631. The molecule has 0 aliphatic carbocycles. The Morgan fingerprint density at radius 2 is 1.85 bits per heavy atom. The minimum atomic E-state index is -0.971. The van der Waals surface area contributed by atoms with Crippen LogP contribution < -0.4 is 4.74 Å². The Hall–Kier alpha value is -3.76. The van der Waals surface area contributed by atoms with Gasteiger partial charge in [0.2, 0.25) is 0 Å². The van der Waals surface area contributed by atoms with Crippen LogP contribution in [0.1, 0.15) is 35.6 Å². The van der Waals surface area contributed by atoms with Crippen molar-refractivity contribution in [3.05, 3.63) is 106 Å². The fourth-order valence-electron chi connectivity index (χ4n) is 4.09. The van der Waals surface area contributed by atoms with Gasteiger partial charge in [0.1, 0.15) is 5.75 Å². The van der Waals surface area contributed by atoms with Crippen LogP contribution >= 0.6 is 11.6 Å². The number of allylic oxidation sites excluding steroid dienone is 1. The summed E-state index contributed by atoms with van der Waals surface area (Å²) in [6.07, 6.45) is 5.44. The molecule has 0 saturated carbocycles. The van der Waals surface area contributed by atoms with Crippen LogP contribution in [0.3, 0.4) is 0 Å². The molecule has 0 aliphatic rings. The molecule has 0 spiro atoms. The largest absolute Gasteiger partial charge is 0.497 e. The van der Waals surface area contributed by atoms with Crippen molar-refractivity contribution in [3.63, 3.8) is 0 Å². The number of carboxylic acids is 1. The van der Waals surface area contributed by atoms with Crippen LogP contribution in [0.15, 0.2) is 79.0 Å². The molecule has 0 unspecified atom stereocenters. The zero-order chi connectivity index (χ0) is 23.4. The van der Waals surface area contributed by atoms with Gasteiger partial charge < -0.3 is 14.8 Å². The zero-order valence-corrected chi connectivity index (χ0v) is 19.2. The van der Waals surface area contributed by atoms with Crippen LogP contribution in [0.5, 0.6) is 5.75 Å². The Morgan fingerprint density at radius 3 is 2.52 bits per heavy atom. The first kappa shape index (κ1) is 22.4. The molecule has 1 heterocycles. The number of H-pyrrole nitrogens is 1. The molecule has 0 saturated heterocycles. The highest BCUT2D eigenvalue weighted by Crippen LogP contribution is 2.40. The first-order valence-electron chi connectivity index (χ1n) is 10.7. The van der Waals surface area contributed by atoms with Crippen LogP contribution in [0.2, 0.25) is 5.02 Å². The summed E-state index contributed by atoms with van der Waals surface area (Å²) < 4.78 is 5.34. The molecule has 1 aromatic heterocycles. The van der Waals surface area contributed by atoms with E-state index in [4.69, 9.17) is 21.4 Å². The van der Waals surface area contributed by atoms with Crippen molar-refractivity contribution < 1.29 is 14.6 Å². The summed E-state index contributed by atoms with van der Waals surface area (Å²) in [5, 5.41) is 10.7. The third-order valence-corrected chi connectivity index (χ3v) is 5.95. The van der Waals surface area contributed by atoms with E-state index in [-0.39, 0.29) is 0 Å². The SMILES string of the molecule is CC/C(=C(/c1ccc(/C=C/C(=O)O)cc1)c1cccc2[nH]ccc12)c1ccc(OC)cc1Cl. The molecule has 0 bridgehead atoms. The summed E-state index contributed by atoms with van der Waals surface area (Å²) in [7, 11) is 1.63. The number of fused-ring (bicyclic) bond motifs is 1. The van der Waals surface area contributed by atoms with E-state index in [1.807, 2.05) is 54.7 Å². The number of carbonyl (C=O) groups is 1. The predicted octanol–water partition coefficient (Wildman–Crippen LogP) is 7.30. The molecule has 0 atom stereocenters. The lowest BCUT2D eigenvalue weighted by molar-refractivity contribution is -0.131. The Labute approximate surface area is 197 Å². The number of benzene rings is 3. The lowest BCUT2D eigenvalue weighted by atomic mass is 9.86. The van der Waals surface area contributed by atoms with Gasteiger partial charge in [-0.1, -0.05) is 54.9 Å². The average Bonchev–Trinajstić information content (AvgIpc) is 3.31. The molecule has 0 fully saturated rings. The lowest BCUT2D eigenvalue weighted by Crippen LogP contribution is -1.97. The standard InChI is InChI=1S/C28H24ClNO3/c1-3-21(22-13-12-20(33-2)17-25(22)29)28(24-5-4-6-26-23(24)15-16-30-26)19-10-7-18(8-11-19)9-14-27(31)32/h4-17,30H,3H2,1-2H3,(H,31,32)/b14-9+,28-21+. The summed E-state index contributed by atoms with van der Waals surface area (Å²) in [6, 6.07) is 22.0. The van der Waals surface area contributed by atoms with Crippen molar-refractivity contribution in [2.75, 3.05) is 7.11 Å². The maximum Gasteiger partial charge on any atom is 0.328 e. The molecule has 3 aromatic carbocycles. The summed E-state index contributed by atoms with van der Waals surface area (Å²) in [4.78, 5) is 14.2. The number of aromatic nitrogens is 1. The Kier molecular flexibility index (Phi) is 6.66. The third kappa shape index (κ3) is 4.71. The fourth-order valence-corrected chi connectivity index (χ4v) is 4.38. The smallest absolute Gasteiger partial charge is 0.328 e. The Balaban J connectivity index is 1.97. The first-order valence-corrected chi connectivity index (χ1v) is 11.0. The van der Waals surface area contributed by atoms with Crippen LogP contribution in [-0.4, -0.2) is 23.2 Å². The predicted molar refractivity (Wildman–Crippen MR) is 136 cm³/mol. The number of methoxy groups -OCH3 is 1. The van der Waals surface area contributed by atoms with Crippen LogP contribution in [0, 0.1) is 0 Å². The number of halogens is 1. The van der Waals surface area contributed by atoms with Crippen LogP contribution in [0.4, 0.5) is 0 Å². The second-order valence-electron chi connectivity index (χ2n) is 7.59. The van der Waals surface area contributed by atoms with Gasteiger partial charge in [-0.2, -0.15) is 0 Å². The summed E-state index contributed by atoms with van der Waals surface area (Å²) in [6.45, 7) is 2.12. The Bertz CT molecular complexity index is 1360. The van der Waals surface area contributed by atoms with Crippen molar-refractivity contribution in [2.45, 2.75) is 13.3 Å². The molecule has 2 N–H and O–H groups in total. The lowest BCUT2D eigenvalue weighted by Gasteiger charge is -2.18. The average molecular weight is 458 g/mol. The highest BCUT2D eigenvalue weighted by Gasteiger charge is 2.18. The van der Waals surface area contributed by atoms with E-state index in [9.17, 15) is 4.79 Å². The van der Waals surface area contributed by atoms with Gasteiger partial charge in [0.15, 0.2) is 0 Å². The molecule has 0 amide bonds. The molecular formula is C28H24ClNO3. The van der Waals surface area contributed by atoms with Gasteiger partial charge in [0, 0.05) is 23.2 Å². The maximum absolute atomic E-state index is 10.9. The number of hydrogen-bond donors (Lipinski definition) is 2. The summed E-state index contributed by atoms with van der Waals surface area (Å²) >= 11 is 6.71. The molecular weight excluding hydrogens is 434 g/mol. The highest BCUT2D eigenvalue weighted by atomic mass is 35.5. The monoisotopic (exact) mass is 457 g/mol. The van der Waals surface area contributed by atoms with Crippen molar-refractivity contribution in [1.82, 2.24) is 4.98 Å². The fraction of sp³-hybridized carbons (Fsp3) is 0.107. The number of rotatable bonds is 7. The van der Waals surface area contributed by atoms with Gasteiger partial charge in [0.25, 0.3) is 0 Å². The van der Waals surface area contributed by atoms with Crippen molar-refractivity contribution >= 4 is 45.7 Å². The van der Waals surface area contributed by atoms with E-state index in [0.717, 1.165) is 56.8 Å². The maximum atomic E-state index is 10.9. The topological polar surface area (TPSA) is 62.3 Å². The van der Waals surface area contributed by atoms with E-state index < -0.39 is 5.97 Å². The van der Waals surface area contributed by atoms with E-state index in [1.165, 1.54) is 0 Å². The van der Waals surface area contributed by atoms with Crippen LogP contribution in [-0.2, 0) is 4.79 Å². The van der Waals surface area contributed by atoms with Crippen molar-refractivity contribution in [3.8, 4) is 5.75 Å². The molecule has 33 heavy (non-hydrogen) atoms. The minimum Gasteiger partial charge on any atom is -0.497 e. The molecule has 4 nitrogen and oxygen atoms in total. The van der Waals surface area contributed by atoms with Gasteiger partial charge in [-0.15, -0.1) is 0 Å². The molecule has 4 rings (SSSR count). The van der Waals surface area contributed by atoms with Gasteiger partial charge in [0.05, 0.1) is 12.1 Å². The molecule has 0 aliphatic heterocycles. The van der Waals surface area contributed by atoms with Gasteiger partial charge in [-0.25, -0.2) is 4.79 Å². The van der Waals surface area contributed by atoms with E-state index in [2.05, 4.69) is 30.1 Å². The van der Waals surface area contributed by atoms with Gasteiger partial charge in [-0.3, -0.25) is 0 Å². The second kappa shape index (κ2) is 9.80. The zero-order valence-electron chi connectivity index (χ0n) is 18.4. The normalized spacial score (nSPS) is 12.2. The molecule has 4 aromatic rings. The molecule has 5 heteroatoms. The Morgan fingerprint density at radius 1 is 1.06 bits per heavy atom. The number of carboxylic acid groups (broad SMARTS) is 1. The third-order valence-electron chi connectivity index (χ3n) is 5.64. The summed E-state index contributed by atoms with van der Waals surface area (Å²) in [5.74, 6) is -0.260. The van der Waals surface area contributed by atoms with E-state index in [1.54, 1.807) is 13.2 Å². The van der Waals surface area contributed by atoms with Gasteiger partial charge >= 0.3 is 5.97 Å². The number of hydrogen-bond acceptors (Lipinski definition) is 2. The highest BCUT2D eigenvalue weighted by molar-refractivity contribution is 6.33. The number of aromatic amines is 1. The molecule has 0 radical (unpaired) electrons. The van der Waals surface area contributed by atoms with E-state index in [0.29, 0.717) is 10.8 Å². The van der Waals surface area contributed by atoms with Crippen molar-refractivity contribution in [2.24, 2.45) is 0 Å². The van der Waals surface area contributed by atoms with E-state index >= 15 is 0 Å². The first-order chi connectivity index (χ1) is 16.0. The summed E-state index contributed by atoms with van der Waals surface area (Å²) in [5.41, 5.74) is 7.17. The van der Waals surface area contributed by atoms with Gasteiger partial charge in [-0.05, 0) is 76.2 Å². The number of ether oxygens (including phenoxy) is 1.